The second-order valence-corrected chi connectivity index (χ2v) is 13.7. The second-order valence-electron chi connectivity index (χ2n) is 13.7. The predicted molar refractivity (Wildman–Crippen MR) is 197 cm³/mol. The Morgan fingerprint density at radius 1 is 0.940 bits per heavy atom. The summed E-state index contributed by atoms with van der Waals surface area (Å²) in [6.07, 6.45) is 3.00. The molecule has 0 radical (unpaired) electrons. The molecule has 0 saturated carbocycles. The van der Waals surface area contributed by atoms with Crippen LogP contribution in [0.5, 0.6) is 0 Å². The Morgan fingerprint density at radius 3 is 2.42 bits per heavy atom. The summed E-state index contributed by atoms with van der Waals surface area (Å²) < 4.78 is 11.7. The number of aliphatic hydroxyl groups is 1. The maximum Gasteiger partial charge on any atom is 0.407 e. The number of carbonyl (C=O) groups excluding carboxylic acids is 1. The van der Waals surface area contributed by atoms with Gasteiger partial charge in [-0.3, -0.25) is 0 Å². The molecule has 1 fully saturated rings. The summed E-state index contributed by atoms with van der Waals surface area (Å²) in [6.45, 7) is 7.49. The first kappa shape index (κ1) is 32.9. The van der Waals surface area contributed by atoms with Gasteiger partial charge in [-0.1, -0.05) is 66.7 Å². The number of aromatic nitrogens is 2. The van der Waals surface area contributed by atoms with Crippen molar-refractivity contribution in [1.82, 2.24) is 15.3 Å². The smallest absolute Gasteiger partial charge is 0.407 e. The van der Waals surface area contributed by atoms with Gasteiger partial charge in [0.2, 0.25) is 5.95 Å². The van der Waals surface area contributed by atoms with Gasteiger partial charge in [-0.25, -0.2) is 14.8 Å². The summed E-state index contributed by atoms with van der Waals surface area (Å²) in [6, 6.07) is 35.6. The summed E-state index contributed by atoms with van der Waals surface area (Å²) in [4.78, 5) is 24.5. The minimum Gasteiger partial charge on any atom is -0.456 e. The second kappa shape index (κ2) is 13.7. The number of hydrogen-bond acceptors (Lipinski definition) is 8. The topological polar surface area (TPSA) is 113 Å². The highest BCUT2D eigenvalue weighted by Crippen LogP contribution is 2.36. The van der Waals surface area contributed by atoms with E-state index in [9.17, 15) is 9.90 Å². The van der Waals surface area contributed by atoms with Crippen molar-refractivity contribution in [2.75, 3.05) is 23.3 Å². The van der Waals surface area contributed by atoms with Crippen LogP contribution in [-0.2, 0) is 16.9 Å². The molecule has 9 heteroatoms. The minimum absolute atomic E-state index is 0.252. The maximum absolute atomic E-state index is 12.5. The molecular weight excluding hydrogens is 626 g/mol. The number of carbonyl (C=O) groups is 1. The first-order valence-electron chi connectivity index (χ1n) is 16.9. The fraction of sp³-hybridized carbons (Fsp3) is 0.244. The lowest BCUT2D eigenvalue weighted by molar-refractivity contribution is 0.0786. The van der Waals surface area contributed by atoms with E-state index in [4.69, 9.17) is 14.1 Å². The molecule has 1 aliphatic heterocycles. The van der Waals surface area contributed by atoms with Crippen molar-refractivity contribution < 1.29 is 19.1 Å². The predicted octanol–water partition coefficient (Wildman–Crippen LogP) is 8.81. The number of rotatable bonds is 9. The lowest BCUT2D eigenvalue weighted by Gasteiger charge is -2.40. The van der Waals surface area contributed by atoms with Gasteiger partial charge in [-0.2, -0.15) is 0 Å². The van der Waals surface area contributed by atoms with Crippen molar-refractivity contribution in [3.05, 3.63) is 127 Å². The van der Waals surface area contributed by atoms with Crippen molar-refractivity contribution in [2.24, 2.45) is 0 Å². The van der Waals surface area contributed by atoms with Crippen molar-refractivity contribution in [1.29, 1.82) is 0 Å². The molecule has 0 spiro atoms. The molecule has 50 heavy (non-hydrogen) atoms. The van der Waals surface area contributed by atoms with Gasteiger partial charge in [0.1, 0.15) is 18.0 Å². The third kappa shape index (κ3) is 7.48. The summed E-state index contributed by atoms with van der Waals surface area (Å²) in [7, 11) is 0. The Balaban J connectivity index is 1.04. The van der Waals surface area contributed by atoms with Crippen molar-refractivity contribution >= 4 is 34.4 Å². The molecular formula is C41H41N5O4. The van der Waals surface area contributed by atoms with Crippen molar-refractivity contribution in [2.45, 2.75) is 51.4 Å². The van der Waals surface area contributed by atoms with E-state index < -0.39 is 5.60 Å². The number of ether oxygens (including phenoxy) is 1. The lowest BCUT2D eigenvalue weighted by Crippen LogP contribution is -2.53. The van der Waals surface area contributed by atoms with Gasteiger partial charge in [0.05, 0.1) is 16.9 Å². The monoisotopic (exact) mass is 667 g/mol. The number of piperidine rings is 1. The Kier molecular flexibility index (Phi) is 8.99. The number of alkyl carbamates (subject to hydrolysis) is 1. The molecule has 6 aromatic rings. The molecule has 0 atom stereocenters. The average molecular weight is 668 g/mol. The SMILES string of the molecule is CC1(NC(=O)OCc2ccccc2)CCN(c2ccc(Nc3ncc(-c4cc5ccccc5o4)c(-c4cccc(C(C)(C)O)c4)n3)cc2)CC1. The van der Waals surface area contributed by atoms with E-state index in [1.165, 1.54) is 0 Å². The number of furan rings is 1. The number of fused-ring (bicyclic) bond motifs is 1. The summed E-state index contributed by atoms with van der Waals surface area (Å²) in [5.41, 5.74) is 5.44. The van der Waals surface area contributed by atoms with E-state index in [0.29, 0.717) is 17.4 Å². The van der Waals surface area contributed by atoms with E-state index in [2.05, 4.69) is 39.6 Å². The molecule has 1 amide bonds. The first-order valence-corrected chi connectivity index (χ1v) is 16.9. The molecule has 7 rings (SSSR count). The fourth-order valence-corrected chi connectivity index (χ4v) is 6.28. The summed E-state index contributed by atoms with van der Waals surface area (Å²) >= 11 is 0. The van der Waals surface area contributed by atoms with Gasteiger partial charge >= 0.3 is 6.09 Å². The maximum atomic E-state index is 12.5. The van der Waals surface area contributed by atoms with Crippen LogP contribution in [0.2, 0.25) is 0 Å². The highest BCUT2D eigenvalue weighted by atomic mass is 16.5. The number of amides is 1. The Bertz CT molecular complexity index is 2060. The van der Waals surface area contributed by atoms with Gasteiger partial charge in [-0.05, 0) is 87.2 Å². The van der Waals surface area contributed by atoms with Gasteiger partial charge in [0.15, 0.2) is 0 Å². The van der Waals surface area contributed by atoms with E-state index in [-0.39, 0.29) is 18.2 Å². The lowest BCUT2D eigenvalue weighted by atomic mass is 9.89. The zero-order valence-electron chi connectivity index (χ0n) is 28.5. The zero-order chi connectivity index (χ0) is 34.7. The zero-order valence-corrected chi connectivity index (χ0v) is 28.5. The normalized spacial score (nSPS) is 14.4. The van der Waals surface area contributed by atoms with Crippen LogP contribution in [0.3, 0.4) is 0 Å². The molecule has 0 unspecified atom stereocenters. The highest BCUT2D eigenvalue weighted by molar-refractivity contribution is 5.87. The third-order valence-electron chi connectivity index (χ3n) is 9.29. The van der Waals surface area contributed by atoms with Gasteiger partial charge in [0, 0.05) is 47.1 Å². The van der Waals surface area contributed by atoms with Crippen LogP contribution in [0.25, 0.3) is 33.6 Å². The number of hydrogen-bond donors (Lipinski definition) is 3. The molecule has 0 aliphatic carbocycles. The molecule has 254 valence electrons. The molecule has 3 N–H and O–H groups in total. The van der Waals surface area contributed by atoms with Gasteiger partial charge in [-0.15, -0.1) is 0 Å². The quantitative estimate of drug-likeness (QED) is 0.140. The van der Waals surface area contributed by atoms with Crippen LogP contribution in [0.15, 0.2) is 120 Å². The number of para-hydroxylation sites is 1. The average Bonchev–Trinajstić information content (AvgIpc) is 3.56. The van der Waals surface area contributed by atoms with E-state index in [0.717, 1.165) is 70.5 Å². The van der Waals surface area contributed by atoms with E-state index >= 15 is 0 Å². The van der Waals surface area contributed by atoms with Crippen LogP contribution in [-0.4, -0.2) is 39.8 Å². The van der Waals surface area contributed by atoms with Crippen LogP contribution in [0, 0.1) is 0 Å². The Hall–Kier alpha value is -5.67. The standard InChI is InChI=1S/C41H41N5O4/c1-40(2,48)31-14-9-13-30(24-31)37-34(36-25-29-12-7-8-15-35(29)50-36)26-42-38(44-37)43-32-16-18-33(19-17-32)46-22-20-41(3,21-23-46)45-39(47)49-27-28-10-5-4-6-11-28/h4-19,24-26,48H,20-23,27H2,1-3H3,(H,45,47)(H,42,43,44). The molecule has 0 bridgehead atoms. The highest BCUT2D eigenvalue weighted by Gasteiger charge is 2.32. The molecule has 9 nitrogen and oxygen atoms in total. The number of anilines is 3. The first-order chi connectivity index (χ1) is 24.1. The van der Waals surface area contributed by atoms with Gasteiger partial charge in [0.25, 0.3) is 0 Å². The van der Waals surface area contributed by atoms with Crippen LogP contribution < -0.4 is 15.5 Å². The molecule has 1 aliphatic rings. The van der Waals surface area contributed by atoms with Crippen molar-refractivity contribution in [3.63, 3.8) is 0 Å². The largest absolute Gasteiger partial charge is 0.456 e. The summed E-state index contributed by atoms with van der Waals surface area (Å²) in [5.74, 6) is 1.11. The van der Waals surface area contributed by atoms with Crippen molar-refractivity contribution in [3.8, 4) is 22.6 Å². The Morgan fingerprint density at radius 2 is 1.68 bits per heavy atom. The molecule has 4 aromatic carbocycles. The van der Waals surface area contributed by atoms with Crippen LogP contribution in [0.1, 0.15) is 44.7 Å². The molecule has 2 aromatic heterocycles. The third-order valence-corrected chi connectivity index (χ3v) is 9.29. The number of nitrogens with zero attached hydrogens (tertiary/aromatic N) is 3. The van der Waals surface area contributed by atoms with E-state index in [1.807, 2.05) is 97.1 Å². The fourth-order valence-electron chi connectivity index (χ4n) is 6.28. The minimum atomic E-state index is -1.01. The number of nitrogens with one attached hydrogen (secondary N) is 2. The van der Waals surface area contributed by atoms with Gasteiger partial charge < -0.3 is 29.8 Å². The molecule has 1 saturated heterocycles. The Labute approximate surface area is 292 Å². The number of benzene rings is 4. The summed E-state index contributed by atoms with van der Waals surface area (Å²) in [5, 5.41) is 18.2. The van der Waals surface area contributed by atoms with E-state index in [1.54, 1.807) is 20.0 Å². The van der Waals surface area contributed by atoms with Crippen LogP contribution in [0.4, 0.5) is 22.1 Å². The van der Waals surface area contributed by atoms with Crippen LogP contribution >= 0.6 is 0 Å². The molecule has 3 heterocycles.